The second-order valence-electron chi connectivity index (χ2n) is 5.41. The van der Waals surface area contributed by atoms with Gasteiger partial charge in [-0.1, -0.05) is 26.0 Å². The smallest absolute Gasteiger partial charge is 0.253 e. The molecule has 0 saturated carbocycles. The number of rotatable bonds is 2. The lowest BCUT2D eigenvalue weighted by Gasteiger charge is -2.23. The van der Waals surface area contributed by atoms with Crippen LogP contribution in [0, 0.1) is 0 Å². The first-order chi connectivity index (χ1) is 8.63. The highest BCUT2D eigenvalue weighted by molar-refractivity contribution is 5.95. The van der Waals surface area contributed by atoms with Crippen molar-refractivity contribution in [3.63, 3.8) is 0 Å². The van der Waals surface area contributed by atoms with E-state index < -0.39 is 0 Å². The molecule has 0 aliphatic carbocycles. The van der Waals surface area contributed by atoms with E-state index in [1.165, 1.54) is 17.5 Å². The molecule has 1 heterocycles. The SMILES string of the molecule is CCC(C)c1ccc2c(c1)C(=O)N(C)CCCC2. The molecule has 1 unspecified atom stereocenters. The van der Waals surface area contributed by atoms with Gasteiger partial charge in [0.1, 0.15) is 0 Å². The lowest BCUT2D eigenvalue weighted by Crippen LogP contribution is -2.30. The van der Waals surface area contributed by atoms with Gasteiger partial charge in [-0.15, -0.1) is 0 Å². The van der Waals surface area contributed by atoms with Crippen LogP contribution in [-0.2, 0) is 6.42 Å². The lowest BCUT2D eigenvalue weighted by atomic mass is 9.91. The van der Waals surface area contributed by atoms with E-state index in [1.807, 2.05) is 11.9 Å². The van der Waals surface area contributed by atoms with Crippen molar-refractivity contribution in [1.29, 1.82) is 0 Å². The van der Waals surface area contributed by atoms with Crippen LogP contribution in [0.4, 0.5) is 0 Å². The number of aryl methyl sites for hydroxylation is 1. The fourth-order valence-corrected chi connectivity index (χ4v) is 2.52. The standard InChI is InChI=1S/C16H23NO/c1-4-12(2)14-9-8-13-7-5-6-10-17(3)16(18)15(13)11-14/h8-9,11-12H,4-7,10H2,1-3H3. The average Bonchev–Trinajstić information content (AvgIpc) is 2.40. The summed E-state index contributed by atoms with van der Waals surface area (Å²) in [6.45, 7) is 5.29. The molecule has 1 aliphatic heterocycles. The van der Waals surface area contributed by atoms with Gasteiger partial charge in [0.15, 0.2) is 0 Å². The van der Waals surface area contributed by atoms with E-state index in [2.05, 4.69) is 32.0 Å². The summed E-state index contributed by atoms with van der Waals surface area (Å²) >= 11 is 0. The van der Waals surface area contributed by atoms with E-state index in [9.17, 15) is 4.79 Å². The molecule has 2 nitrogen and oxygen atoms in total. The molecule has 1 aromatic rings. The predicted octanol–water partition coefficient (Wildman–Crippen LogP) is 3.61. The van der Waals surface area contributed by atoms with Crippen LogP contribution in [0.15, 0.2) is 18.2 Å². The molecule has 1 amide bonds. The fourth-order valence-electron chi connectivity index (χ4n) is 2.52. The maximum absolute atomic E-state index is 12.4. The van der Waals surface area contributed by atoms with Crippen molar-refractivity contribution in [2.45, 2.75) is 45.4 Å². The van der Waals surface area contributed by atoms with Crippen LogP contribution in [0.2, 0.25) is 0 Å². The lowest BCUT2D eigenvalue weighted by molar-refractivity contribution is 0.0787. The average molecular weight is 245 g/mol. The molecule has 0 aromatic heterocycles. The number of hydrogen-bond donors (Lipinski definition) is 0. The molecule has 1 atom stereocenters. The van der Waals surface area contributed by atoms with E-state index in [4.69, 9.17) is 0 Å². The zero-order chi connectivity index (χ0) is 13.1. The molecule has 0 radical (unpaired) electrons. The van der Waals surface area contributed by atoms with Crippen molar-refractivity contribution in [3.8, 4) is 0 Å². The first-order valence-electron chi connectivity index (χ1n) is 7.01. The summed E-state index contributed by atoms with van der Waals surface area (Å²) in [5.74, 6) is 0.716. The predicted molar refractivity (Wildman–Crippen MR) is 75.0 cm³/mol. The van der Waals surface area contributed by atoms with E-state index in [-0.39, 0.29) is 5.91 Å². The molecule has 98 valence electrons. The maximum Gasteiger partial charge on any atom is 0.253 e. The van der Waals surface area contributed by atoms with Gasteiger partial charge in [-0.3, -0.25) is 4.79 Å². The Balaban J connectivity index is 2.40. The molecule has 0 N–H and O–H groups in total. The van der Waals surface area contributed by atoms with Crippen LogP contribution in [0.5, 0.6) is 0 Å². The van der Waals surface area contributed by atoms with Gasteiger partial charge in [-0.2, -0.15) is 0 Å². The Morgan fingerprint density at radius 2 is 2.11 bits per heavy atom. The highest BCUT2D eigenvalue weighted by Gasteiger charge is 2.19. The van der Waals surface area contributed by atoms with Crippen molar-refractivity contribution < 1.29 is 4.79 Å². The van der Waals surface area contributed by atoms with Crippen molar-refractivity contribution in [2.24, 2.45) is 0 Å². The van der Waals surface area contributed by atoms with Crippen LogP contribution in [0.25, 0.3) is 0 Å². The van der Waals surface area contributed by atoms with Gasteiger partial charge in [-0.05, 0) is 48.8 Å². The van der Waals surface area contributed by atoms with Gasteiger partial charge in [0.2, 0.25) is 0 Å². The Kier molecular flexibility index (Phi) is 4.05. The molecule has 0 saturated heterocycles. The van der Waals surface area contributed by atoms with E-state index in [0.717, 1.165) is 31.4 Å². The van der Waals surface area contributed by atoms with Gasteiger partial charge in [-0.25, -0.2) is 0 Å². The van der Waals surface area contributed by atoms with Gasteiger partial charge < -0.3 is 4.90 Å². The van der Waals surface area contributed by atoms with Crippen LogP contribution in [-0.4, -0.2) is 24.4 Å². The zero-order valence-corrected chi connectivity index (χ0v) is 11.7. The largest absolute Gasteiger partial charge is 0.342 e. The van der Waals surface area contributed by atoms with E-state index >= 15 is 0 Å². The molecular weight excluding hydrogens is 222 g/mol. The molecule has 18 heavy (non-hydrogen) atoms. The third-order valence-corrected chi connectivity index (χ3v) is 4.08. The minimum atomic E-state index is 0.190. The zero-order valence-electron chi connectivity index (χ0n) is 11.7. The molecule has 1 aliphatic rings. The van der Waals surface area contributed by atoms with Crippen LogP contribution in [0.1, 0.15) is 60.5 Å². The molecule has 0 fully saturated rings. The van der Waals surface area contributed by atoms with Gasteiger partial charge in [0.25, 0.3) is 5.91 Å². The highest BCUT2D eigenvalue weighted by atomic mass is 16.2. The number of fused-ring (bicyclic) bond motifs is 1. The molecule has 2 rings (SSSR count). The number of carbonyl (C=O) groups excluding carboxylic acids is 1. The van der Waals surface area contributed by atoms with Crippen molar-refractivity contribution in [3.05, 3.63) is 34.9 Å². The quantitative estimate of drug-likeness (QED) is 0.779. The number of nitrogens with zero attached hydrogens (tertiary/aromatic N) is 1. The summed E-state index contributed by atoms with van der Waals surface area (Å²) < 4.78 is 0. The first-order valence-corrected chi connectivity index (χ1v) is 7.01. The first kappa shape index (κ1) is 13.1. The fraction of sp³-hybridized carbons (Fsp3) is 0.562. The normalized spacial score (nSPS) is 17.9. The van der Waals surface area contributed by atoms with Crippen LogP contribution in [0.3, 0.4) is 0 Å². The summed E-state index contributed by atoms with van der Waals surface area (Å²) in [6, 6.07) is 6.48. The number of benzene rings is 1. The second-order valence-corrected chi connectivity index (χ2v) is 5.41. The molecule has 1 aromatic carbocycles. The van der Waals surface area contributed by atoms with Crippen molar-refractivity contribution in [2.75, 3.05) is 13.6 Å². The van der Waals surface area contributed by atoms with Gasteiger partial charge in [0.05, 0.1) is 0 Å². The summed E-state index contributed by atoms with van der Waals surface area (Å²) in [5, 5.41) is 0. The molecule has 2 heteroatoms. The summed E-state index contributed by atoms with van der Waals surface area (Å²) in [5.41, 5.74) is 3.44. The Labute approximate surface area is 110 Å². The van der Waals surface area contributed by atoms with Gasteiger partial charge >= 0.3 is 0 Å². The highest BCUT2D eigenvalue weighted by Crippen LogP contribution is 2.25. The summed E-state index contributed by atoms with van der Waals surface area (Å²) in [7, 11) is 1.91. The number of carbonyl (C=O) groups is 1. The third kappa shape index (κ3) is 2.58. The monoisotopic (exact) mass is 245 g/mol. The van der Waals surface area contributed by atoms with Crippen LogP contribution >= 0.6 is 0 Å². The topological polar surface area (TPSA) is 20.3 Å². The Morgan fingerprint density at radius 1 is 1.33 bits per heavy atom. The Morgan fingerprint density at radius 3 is 2.83 bits per heavy atom. The minimum Gasteiger partial charge on any atom is -0.342 e. The maximum atomic E-state index is 12.4. The third-order valence-electron chi connectivity index (χ3n) is 4.08. The molecule has 0 spiro atoms. The van der Waals surface area contributed by atoms with Crippen LogP contribution < -0.4 is 0 Å². The van der Waals surface area contributed by atoms with E-state index in [1.54, 1.807) is 0 Å². The number of amides is 1. The Bertz CT molecular complexity index is 439. The van der Waals surface area contributed by atoms with Crippen molar-refractivity contribution in [1.82, 2.24) is 4.90 Å². The molecular formula is C16H23NO. The second kappa shape index (κ2) is 5.55. The number of hydrogen-bond acceptors (Lipinski definition) is 1. The molecule has 0 bridgehead atoms. The van der Waals surface area contributed by atoms with Gasteiger partial charge in [0, 0.05) is 19.2 Å². The summed E-state index contributed by atoms with van der Waals surface area (Å²) in [4.78, 5) is 14.2. The van der Waals surface area contributed by atoms with Crippen molar-refractivity contribution >= 4 is 5.91 Å². The van der Waals surface area contributed by atoms with E-state index in [0.29, 0.717) is 5.92 Å². The Hall–Kier alpha value is -1.31. The minimum absolute atomic E-state index is 0.190. The summed E-state index contributed by atoms with van der Waals surface area (Å²) in [6.07, 6.45) is 4.43.